The second-order valence-electron chi connectivity index (χ2n) is 5.06. The van der Waals surface area contributed by atoms with Crippen molar-refractivity contribution in [3.63, 3.8) is 0 Å². The van der Waals surface area contributed by atoms with E-state index in [1.165, 1.54) is 0 Å². The van der Waals surface area contributed by atoms with Crippen LogP contribution in [0.15, 0.2) is 60.0 Å². The molecule has 1 aromatic heterocycles. The molecule has 0 bridgehead atoms. The summed E-state index contributed by atoms with van der Waals surface area (Å²) in [7, 11) is 0. The molecule has 0 aliphatic heterocycles. The number of carbonyl (C=O) groups excluding carboxylic acids is 1. The van der Waals surface area contributed by atoms with Crippen molar-refractivity contribution in [2.24, 2.45) is 0 Å². The van der Waals surface area contributed by atoms with Gasteiger partial charge in [-0.15, -0.1) is 11.3 Å². The number of rotatable bonds is 4. The van der Waals surface area contributed by atoms with Crippen molar-refractivity contribution in [1.29, 1.82) is 0 Å². The lowest BCUT2D eigenvalue weighted by molar-refractivity contribution is 0.0950. The highest BCUT2D eigenvalue weighted by Crippen LogP contribution is 2.23. The number of aryl methyl sites for hydroxylation is 1. The number of nitrogens with zero attached hydrogens (tertiary/aromatic N) is 1. The van der Waals surface area contributed by atoms with Gasteiger partial charge in [-0.05, 0) is 19.1 Å². The Hall–Kier alpha value is -2.46. The molecular formula is C18H16N2OS. The maximum Gasteiger partial charge on any atom is 0.251 e. The van der Waals surface area contributed by atoms with Gasteiger partial charge in [-0.2, -0.15) is 0 Å². The zero-order valence-electron chi connectivity index (χ0n) is 12.2. The Kier molecular flexibility index (Phi) is 4.30. The smallest absolute Gasteiger partial charge is 0.251 e. The van der Waals surface area contributed by atoms with Crippen LogP contribution >= 0.6 is 11.3 Å². The Balaban J connectivity index is 1.65. The fourth-order valence-electron chi connectivity index (χ4n) is 2.16. The molecule has 1 amide bonds. The molecule has 2 aromatic carbocycles. The molecule has 0 radical (unpaired) electrons. The van der Waals surface area contributed by atoms with Crippen molar-refractivity contribution < 1.29 is 4.79 Å². The van der Waals surface area contributed by atoms with E-state index in [9.17, 15) is 4.79 Å². The van der Waals surface area contributed by atoms with Crippen LogP contribution in [0.2, 0.25) is 0 Å². The first-order valence-corrected chi connectivity index (χ1v) is 7.95. The van der Waals surface area contributed by atoms with E-state index in [4.69, 9.17) is 0 Å². The Bertz CT molecular complexity index is 781. The number of hydrogen-bond donors (Lipinski definition) is 1. The maximum absolute atomic E-state index is 12.1. The number of carbonyl (C=O) groups is 1. The van der Waals surface area contributed by atoms with Gasteiger partial charge >= 0.3 is 0 Å². The van der Waals surface area contributed by atoms with Crippen molar-refractivity contribution in [3.8, 4) is 10.6 Å². The van der Waals surface area contributed by atoms with E-state index in [1.807, 2.05) is 66.9 Å². The van der Waals surface area contributed by atoms with Gasteiger partial charge in [-0.25, -0.2) is 4.98 Å². The van der Waals surface area contributed by atoms with Gasteiger partial charge in [0.15, 0.2) is 0 Å². The van der Waals surface area contributed by atoms with Crippen LogP contribution in [-0.4, -0.2) is 10.9 Å². The summed E-state index contributed by atoms with van der Waals surface area (Å²) in [6.45, 7) is 2.42. The van der Waals surface area contributed by atoms with Crippen LogP contribution in [0.25, 0.3) is 10.6 Å². The Morgan fingerprint density at radius 3 is 2.73 bits per heavy atom. The van der Waals surface area contributed by atoms with Gasteiger partial charge in [-0.3, -0.25) is 4.79 Å². The number of amides is 1. The molecule has 1 N–H and O–H groups in total. The molecule has 0 unspecified atom stereocenters. The molecule has 110 valence electrons. The highest BCUT2D eigenvalue weighted by Gasteiger charge is 2.08. The second kappa shape index (κ2) is 6.54. The Morgan fingerprint density at radius 2 is 1.95 bits per heavy atom. The lowest BCUT2D eigenvalue weighted by Gasteiger charge is -2.04. The first-order chi connectivity index (χ1) is 10.7. The summed E-state index contributed by atoms with van der Waals surface area (Å²) in [5, 5.41) is 5.87. The lowest BCUT2D eigenvalue weighted by Crippen LogP contribution is -2.22. The van der Waals surface area contributed by atoms with E-state index >= 15 is 0 Å². The number of benzene rings is 2. The summed E-state index contributed by atoms with van der Waals surface area (Å²) in [5.41, 5.74) is 3.74. The fourth-order valence-corrected chi connectivity index (χ4v) is 2.99. The van der Waals surface area contributed by atoms with Crippen molar-refractivity contribution in [3.05, 3.63) is 76.8 Å². The third-order valence-electron chi connectivity index (χ3n) is 3.28. The van der Waals surface area contributed by atoms with Crippen molar-refractivity contribution in [2.75, 3.05) is 0 Å². The molecule has 3 nitrogen and oxygen atoms in total. The minimum atomic E-state index is -0.0713. The summed E-state index contributed by atoms with van der Waals surface area (Å²) in [4.78, 5) is 16.7. The Morgan fingerprint density at radius 1 is 1.14 bits per heavy atom. The molecule has 22 heavy (non-hydrogen) atoms. The molecular weight excluding hydrogens is 292 g/mol. The van der Waals surface area contributed by atoms with E-state index in [1.54, 1.807) is 11.3 Å². The minimum absolute atomic E-state index is 0.0713. The van der Waals surface area contributed by atoms with E-state index in [-0.39, 0.29) is 5.91 Å². The fraction of sp³-hybridized carbons (Fsp3) is 0.111. The van der Waals surface area contributed by atoms with Crippen molar-refractivity contribution in [1.82, 2.24) is 10.3 Å². The van der Waals surface area contributed by atoms with Crippen molar-refractivity contribution >= 4 is 17.2 Å². The van der Waals surface area contributed by atoms with Gasteiger partial charge in [-0.1, -0.05) is 48.0 Å². The van der Waals surface area contributed by atoms with E-state index in [0.29, 0.717) is 12.1 Å². The van der Waals surface area contributed by atoms with Crippen LogP contribution in [0, 0.1) is 6.92 Å². The number of thiazole rings is 1. The lowest BCUT2D eigenvalue weighted by atomic mass is 10.1. The van der Waals surface area contributed by atoms with E-state index in [2.05, 4.69) is 10.3 Å². The molecule has 0 atom stereocenters. The zero-order chi connectivity index (χ0) is 15.4. The van der Waals surface area contributed by atoms with Crippen LogP contribution in [-0.2, 0) is 6.54 Å². The number of nitrogens with one attached hydrogen (secondary N) is 1. The third-order valence-corrected chi connectivity index (χ3v) is 4.22. The summed E-state index contributed by atoms with van der Waals surface area (Å²) < 4.78 is 0. The van der Waals surface area contributed by atoms with Gasteiger partial charge in [0, 0.05) is 16.5 Å². The molecule has 4 heteroatoms. The van der Waals surface area contributed by atoms with Gasteiger partial charge in [0.2, 0.25) is 0 Å². The molecule has 3 rings (SSSR count). The van der Waals surface area contributed by atoms with E-state index < -0.39 is 0 Å². The molecule has 0 saturated carbocycles. The molecule has 0 aliphatic rings. The topological polar surface area (TPSA) is 42.0 Å². The van der Waals surface area contributed by atoms with Crippen molar-refractivity contribution in [2.45, 2.75) is 13.5 Å². The molecule has 1 heterocycles. The zero-order valence-corrected chi connectivity index (χ0v) is 13.1. The normalized spacial score (nSPS) is 10.4. The van der Waals surface area contributed by atoms with Gasteiger partial charge in [0.25, 0.3) is 5.91 Å². The third kappa shape index (κ3) is 3.40. The summed E-state index contributed by atoms with van der Waals surface area (Å²) in [6.07, 6.45) is 0. The van der Waals surface area contributed by atoms with Crippen LogP contribution in [0.4, 0.5) is 0 Å². The average Bonchev–Trinajstić information content (AvgIpc) is 3.02. The van der Waals surface area contributed by atoms with Crippen LogP contribution in [0.3, 0.4) is 0 Å². The van der Waals surface area contributed by atoms with Crippen LogP contribution < -0.4 is 5.32 Å². The number of hydrogen-bond acceptors (Lipinski definition) is 3. The van der Waals surface area contributed by atoms with E-state index in [0.717, 1.165) is 21.8 Å². The second-order valence-corrected chi connectivity index (χ2v) is 5.92. The molecule has 3 aromatic rings. The maximum atomic E-state index is 12.1. The molecule has 0 spiro atoms. The van der Waals surface area contributed by atoms with Crippen LogP contribution in [0.5, 0.6) is 0 Å². The monoisotopic (exact) mass is 308 g/mol. The van der Waals surface area contributed by atoms with Crippen LogP contribution in [0.1, 0.15) is 21.6 Å². The predicted octanol–water partition coefficient (Wildman–Crippen LogP) is 4.05. The summed E-state index contributed by atoms with van der Waals surface area (Å²) >= 11 is 1.59. The predicted molar refractivity (Wildman–Crippen MR) is 89.9 cm³/mol. The SMILES string of the molecule is Cc1cccc(C(=O)NCc2csc(-c3ccccc3)n2)c1. The molecule has 0 saturated heterocycles. The standard InChI is InChI=1S/C18H16N2OS/c1-13-6-5-9-15(10-13)17(21)19-11-16-12-22-18(20-16)14-7-3-2-4-8-14/h2-10,12H,11H2,1H3,(H,19,21). The largest absolute Gasteiger partial charge is 0.346 e. The van der Waals surface area contributed by atoms with Gasteiger partial charge in [0.1, 0.15) is 5.01 Å². The molecule has 0 fully saturated rings. The number of aromatic nitrogens is 1. The summed E-state index contributed by atoms with van der Waals surface area (Å²) in [5.74, 6) is -0.0713. The quantitative estimate of drug-likeness (QED) is 0.790. The van der Waals surface area contributed by atoms with Gasteiger partial charge < -0.3 is 5.32 Å². The molecule has 0 aliphatic carbocycles. The highest BCUT2D eigenvalue weighted by molar-refractivity contribution is 7.13. The Labute approximate surface area is 133 Å². The highest BCUT2D eigenvalue weighted by atomic mass is 32.1. The first-order valence-electron chi connectivity index (χ1n) is 7.07. The average molecular weight is 308 g/mol. The first kappa shape index (κ1) is 14.5. The minimum Gasteiger partial charge on any atom is -0.346 e. The van der Waals surface area contributed by atoms with Gasteiger partial charge in [0.05, 0.1) is 12.2 Å². The summed E-state index contributed by atoms with van der Waals surface area (Å²) in [6, 6.07) is 17.6.